The van der Waals surface area contributed by atoms with Crippen molar-refractivity contribution in [1.82, 2.24) is 4.90 Å². The zero-order valence-corrected chi connectivity index (χ0v) is 15.2. The maximum Gasteiger partial charge on any atom is 0.184 e. The standard InChI is InChI=1S/C22H26N2O2/c1-2-5-19-17(4-1)8-9-18(19)16-23-10-12-24(13-11-23)20-6-3-7-21-22(20)26-15-14-25-21/h1-7,18H,8-16H2. The van der Waals surface area contributed by atoms with Crippen LogP contribution in [0.25, 0.3) is 0 Å². The van der Waals surface area contributed by atoms with Gasteiger partial charge in [-0.1, -0.05) is 30.3 Å². The van der Waals surface area contributed by atoms with E-state index in [0.29, 0.717) is 19.1 Å². The summed E-state index contributed by atoms with van der Waals surface area (Å²) in [6.45, 7) is 6.81. The largest absolute Gasteiger partial charge is 0.486 e. The number of benzene rings is 2. The average Bonchev–Trinajstić information content (AvgIpc) is 3.11. The molecular formula is C22H26N2O2. The van der Waals surface area contributed by atoms with Crippen LogP contribution in [0.4, 0.5) is 5.69 Å². The molecule has 2 aliphatic heterocycles. The van der Waals surface area contributed by atoms with Crippen molar-refractivity contribution in [2.24, 2.45) is 0 Å². The molecule has 1 saturated heterocycles. The molecule has 5 rings (SSSR count). The van der Waals surface area contributed by atoms with Crippen LogP contribution in [0.2, 0.25) is 0 Å². The minimum atomic E-state index is 0.644. The van der Waals surface area contributed by atoms with Gasteiger partial charge in [0.1, 0.15) is 13.2 Å². The van der Waals surface area contributed by atoms with Gasteiger partial charge >= 0.3 is 0 Å². The van der Waals surface area contributed by atoms with E-state index >= 15 is 0 Å². The minimum absolute atomic E-state index is 0.644. The maximum atomic E-state index is 5.90. The summed E-state index contributed by atoms with van der Waals surface area (Å²) in [6, 6.07) is 15.2. The fraction of sp³-hybridized carbons (Fsp3) is 0.455. The Morgan fingerprint density at radius 3 is 2.65 bits per heavy atom. The highest BCUT2D eigenvalue weighted by Crippen LogP contribution is 2.40. The predicted molar refractivity (Wildman–Crippen MR) is 104 cm³/mol. The molecule has 0 saturated carbocycles. The Bertz CT molecular complexity index is 783. The van der Waals surface area contributed by atoms with Crippen LogP contribution in [0, 0.1) is 0 Å². The number of piperazine rings is 1. The number of hydrogen-bond acceptors (Lipinski definition) is 4. The van der Waals surface area contributed by atoms with Gasteiger partial charge in [0.15, 0.2) is 11.5 Å². The van der Waals surface area contributed by atoms with Crippen molar-refractivity contribution in [3.05, 3.63) is 53.6 Å². The van der Waals surface area contributed by atoms with Crippen molar-refractivity contribution in [3.63, 3.8) is 0 Å². The van der Waals surface area contributed by atoms with Gasteiger partial charge in [0, 0.05) is 32.7 Å². The quantitative estimate of drug-likeness (QED) is 0.848. The smallest absolute Gasteiger partial charge is 0.184 e. The summed E-state index contributed by atoms with van der Waals surface area (Å²) in [5.74, 6) is 2.52. The van der Waals surface area contributed by atoms with Crippen LogP contribution in [0.1, 0.15) is 23.5 Å². The molecule has 1 aliphatic carbocycles. The number of rotatable bonds is 3. The molecule has 1 unspecified atom stereocenters. The van der Waals surface area contributed by atoms with Crippen molar-refractivity contribution >= 4 is 5.69 Å². The van der Waals surface area contributed by atoms with Gasteiger partial charge in [0.25, 0.3) is 0 Å². The summed E-state index contributed by atoms with van der Waals surface area (Å²) < 4.78 is 11.6. The molecule has 2 heterocycles. The molecule has 0 N–H and O–H groups in total. The van der Waals surface area contributed by atoms with Crippen LogP contribution >= 0.6 is 0 Å². The maximum absolute atomic E-state index is 5.90. The first-order chi connectivity index (χ1) is 12.9. The zero-order valence-electron chi connectivity index (χ0n) is 15.2. The molecule has 0 spiro atoms. The second-order valence-electron chi connectivity index (χ2n) is 7.52. The SMILES string of the molecule is c1ccc2c(c1)CCC2CN1CCN(c2cccc3c2OCCO3)CC1. The van der Waals surface area contributed by atoms with Crippen molar-refractivity contribution < 1.29 is 9.47 Å². The lowest BCUT2D eigenvalue weighted by Crippen LogP contribution is -2.47. The van der Waals surface area contributed by atoms with Gasteiger partial charge < -0.3 is 14.4 Å². The van der Waals surface area contributed by atoms with Gasteiger partial charge in [0.05, 0.1) is 5.69 Å². The van der Waals surface area contributed by atoms with E-state index in [0.717, 1.165) is 37.7 Å². The van der Waals surface area contributed by atoms with E-state index in [1.165, 1.54) is 25.1 Å². The Morgan fingerprint density at radius 1 is 0.885 bits per heavy atom. The summed E-state index contributed by atoms with van der Waals surface area (Å²) >= 11 is 0. The Morgan fingerprint density at radius 2 is 1.73 bits per heavy atom. The summed E-state index contributed by atoms with van der Waals surface area (Å²) in [7, 11) is 0. The second-order valence-corrected chi connectivity index (χ2v) is 7.52. The fourth-order valence-corrected chi connectivity index (χ4v) is 4.63. The van der Waals surface area contributed by atoms with E-state index in [1.807, 2.05) is 6.07 Å². The predicted octanol–water partition coefficient (Wildman–Crippen LogP) is 3.31. The third kappa shape index (κ3) is 2.92. The highest BCUT2D eigenvalue weighted by molar-refractivity contribution is 5.65. The molecule has 2 aromatic rings. The van der Waals surface area contributed by atoms with Crippen LogP contribution in [0.5, 0.6) is 11.5 Å². The molecular weight excluding hydrogens is 324 g/mol. The zero-order chi connectivity index (χ0) is 17.3. The molecule has 0 amide bonds. The number of para-hydroxylation sites is 1. The third-order valence-corrected chi connectivity index (χ3v) is 5.99. The molecule has 4 nitrogen and oxygen atoms in total. The van der Waals surface area contributed by atoms with Crippen LogP contribution in [0.3, 0.4) is 0 Å². The topological polar surface area (TPSA) is 24.9 Å². The minimum Gasteiger partial charge on any atom is -0.486 e. The van der Waals surface area contributed by atoms with Gasteiger partial charge in [-0.2, -0.15) is 0 Å². The molecule has 3 aliphatic rings. The van der Waals surface area contributed by atoms with Crippen LogP contribution in [-0.4, -0.2) is 50.8 Å². The molecule has 1 fully saturated rings. The van der Waals surface area contributed by atoms with Gasteiger partial charge in [-0.3, -0.25) is 4.90 Å². The summed E-state index contributed by atoms with van der Waals surface area (Å²) in [6.07, 6.45) is 2.55. The first-order valence-corrected chi connectivity index (χ1v) is 9.82. The van der Waals surface area contributed by atoms with Crippen LogP contribution < -0.4 is 14.4 Å². The number of fused-ring (bicyclic) bond motifs is 2. The van der Waals surface area contributed by atoms with Crippen molar-refractivity contribution in [1.29, 1.82) is 0 Å². The molecule has 1 atom stereocenters. The Hall–Kier alpha value is -2.20. The lowest BCUT2D eigenvalue weighted by atomic mass is 10.0. The molecule has 136 valence electrons. The van der Waals surface area contributed by atoms with E-state index in [9.17, 15) is 0 Å². The number of anilines is 1. The molecule has 0 aromatic heterocycles. The summed E-state index contributed by atoms with van der Waals surface area (Å²) in [5, 5.41) is 0. The molecule has 0 bridgehead atoms. The Labute approximate surface area is 155 Å². The van der Waals surface area contributed by atoms with E-state index in [4.69, 9.17) is 9.47 Å². The monoisotopic (exact) mass is 350 g/mol. The Balaban J connectivity index is 1.24. The number of aryl methyl sites for hydroxylation is 1. The second kappa shape index (κ2) is 6.84. The summed E-state index contributed by atoms with van der Waals surface area (Å²) in [4.78, 5) is 5.09. The highest BCUT2D eigenvalue weighted by atomic mass is 16.6. The van der Waals surface area contributed by atoms with E-state index < -0.39 is 0 Å². The number of hydrogen-bond donors (Lipinski definition) is 0. The van der Waals surface area contributed by atoms with E-state index in [1.54, 1.807) is 11.1 Å². The number of ether oxygens (including phenoxy) is 2. The van der Waals surface area contributed by atoms with Gasteiger partial charge in [-0.15, -0.1) is 0 Å². The van der Waals surface area contributed by atoms with Gasteiger partial charge in [0.2, 0.25) is 0 Å². The number of nitrogens with zero attached hydrogens (tertiary/aromatic N) is 2. The van der Waals surface area contributed by atoms with Crippen LogP contribution in [0.15, 0.2) is 42.5 Å². The van der Waals surface area contributed by atoms with Crippen molar-refractivity contribution in [2.75, 3.05) is 50.8 Å². The molecule has 26 heavy (non-hydrogen) atoms. The lowest BCUT2D eigenvalue weighted by Gasteiger charge is -2.38. The van der Waals surface area contributed by atoms with Crippen LogP contribution in [-0.2, 0) is 6.42 Å². The van der Waals surface area contributed by atoms with E-state index in [-0.39, 0.29) is 0 Å². The molecule has 4 heteroatoms. The molecule has 2 aromatic carbocycles. The molecule has 0 radical (unpaired) electrons. The fourth-order valence-electron chi connectivity index (χ4n) is 4.63. The first kappa shape index (κ1) is 16.0. The first-order valence-electron chi connectivity index (χ1n) is 9.82. The van der Waals surface area contributed by atoms with Crippen molar-refractivity contribution in [2.45, 2.75) is 18.8 Å². The van der Waals surface area contributed by atoms with Gasteiger partial charge in [-0.25, -0.2) is 0 Å². The lowest BCUT2D eigenvalue weighted by molar-refractivity contribution is 0.171. The van der Waals surface area contributed by atoms with Crippen molar-refractivity contribution in [3.8, 4) is 11.5 Å². The summed E-state index contributed by atoms with van der Waals surface area (Å²) in [5.41, 5.74) is 4.33. The highest BCUT2D eigenvalue weighted by Gasteiger charge is 2.27. The average molecular weight is 350 g/mol. The third-order valence-electron chi connectivity index (χ3n) is 5.99. The Kier molecular flexibility index (Phi) is 4.21. The van der Waals surface area contributed by atoms with E-state index in [2.05, 4.69) is 46.2 Å². The van der Waals surface area contributed by atoms with Gasteiger partial charge in [-0.05, 0) is 42.0 Å². The normalized spacial score (nSPS) is 22.3.